The monoisotopic (exact) mass is 436 g/mol. The summed E-state index contributed by atoms with van der Waals surface area (Å²) < 4.78 is 66.7. The standard InChI is InChI=1S/C20H15F3N2O4S/c21-20(22,23)16-8-6-15(7-9-16)19(14-4-2-1-3-5-14)24-30(28,29)18-12-10-17(11-13-18)25(26)27/h1-13,19,24H/t19-/m0/s1. The van der Waals surface area contributed by atoms with Gasteiger partial charge in [0.1, 0.15) is 0 Å². The van der Waals surface area contributed by atoms with Crippen LogP contribution in [0.15, 0.2) is 83.8 Å². The van der Waals surface area contributed by atoms with Crippen molar-refractivity contribution >= 4 is 15.7 Å². The van der Waals surface area contributed by atoms with Gasteiger partial charge in [0.2, 0.25) is 10.0 Å². The summed E-state index contributed by atoms with van der Waals surface area (Å²) in [5.41, 5.74) is -0.296. The summed E-state index contributed by atoms with van der Waals surface area (Å²) in [6.45, 7) is 0. The van der Waals surface area contributed by atoms with Gasteiger partial charge in [0.05, 0.1) is 21.4 Å². The van der Waals surface area contributed by atoms with Crippen LogP contribution in [0.4, 0.5) is 18.9 Å². The quantitative estimate of drug-likeness (QED) is 0.449. The molecule has 0 bridgehead atoms. The fourth-order valence-corrected chi connectivity index (χ4v) is 4.02. The molecular formula is C20H15F3N2O4S. The second-order valence-corrected chi connectivity index (χ2v) is 8.05. The van der Waals surface area contributed by atoms with Gasteiger partial charge in [-0.3, -0.25) is 10.1 Å². The average Bonchev–Trinajstić information content (AvgIpc) is 2.72. The lowest BCUT2D eigenvalue weighted by Gasteiger charge is -2.20. The van der Waals surface area contributed by atoms with Crippen molar-refractivity contribution in [2.75, 3.05) is 0 Å². The van der Waals surface area contributed by atoms with E-state index >= 15 is 0 Å². The van der Waals surface area contributed by atoms with E-state index in [1.165, 1.54) is 12.1 Å². The fourth-order valence-electron chi connectivity index (χ4n) is 2.81. The van der Waals surface area contributed by atoms with Gasteiger partial charge in [-0.05, 0) is 35.4 Å². The van der Waals surface area contributed by atoms with E-state index in [4.69, 9.17) is 0 Å². The number of nitrogens with one attached hydrogen (secondary N) is 1. The van der Waals surface area contributed by atoms with Gasteiger partial charge in [0, 0.05) is 12.1 Å². The van der Waals surface area contributed by atoms with Crippen LogP contribution in [-0.4, -0.2) is 13.3 Å². The normalized spacial score (nSPS) is 13.0. The highest BCUT2D eigenvalue weighted by molar-refractivity contribution is 7.89. The van der Waals surface area contributed by atoms with Crippen molar-refractivity contribution in [2.24, 2.45) is 0 Å². The lowest BCUT2D eigenvalue weighted by atomic mass is 9.98. The summed E-state index contributed by atoms with van der Waals surface area (Å²) in [6, 6.07) is 15.9. The largest absolute Gasteiger partial charge is 0.416 e. The van der Waals surface area contributed by atoms with Crippen molar-refractivity contribution in [3.63, 3.8) is 0 Å². The minimum Gasteiger partial charge on any atom is -0.258 e. The predicted octanol–water partition coefficient (Wildman–Crippen LogP) is 4.68. The molecular weight excluding hydrogens is 421 g/mol. The van der Waals surface area contributed by atoms with E-state index in [0.29, 0.717) is 11.1 Å². The number of nitro benzene ring substituents is 1. The summed E-state index contributed by atoms with van der Waals surface area (Å²) in [5, 5.41) is 10.8. The molecule has 0 unspecified atom stereocenters. The topological polar surface area (TPSA) is 89.3 Å². The molecule has 0 heterocycles. The number of rotatable bonds is 6. The Balaban J connectivity index is 1.98. The third-order valence-corrected chi connectivity index (χ3v) is 5.77. The first-order valence-electron chi connectivity index (χ1n) is 8.57. The third kappa shape index (κ3) is 4.84. The second-order valence-electron chi connectivity index (χ2n) is 6.34. The van der Waals surface area contributed by atoms with Gasteiger partial charge in [-0.1, -0.05) is 42.5 Å². The van der Waals surface area contributed by atoms with E-state index in [9.17, 15) is 31.7 Å². The minimum absolute atomic E-state index is 0.207. The van der Waals surface area contributed by atoms with E-state index in [0.717, 1.165) is 36.4 Å². The molecule has 3 aromatic carbocycles. The fraction of sp³-hybridized carbons (Fsp3) is 0.100. The van der Waals surface area contributed by atoms with Crippen LogP contribution in [0.3, 0.4) is 0 Å². The number of nitrogens with zero attached hydrogens (tertiary/aromatic N) is 1. The molecule has 0 spiro atoms. The molecule has 0 aliphatic rings. The van der Waals surface area contributed by atoms with E-state index in [-0.39, 0.29) is 10.6 Å². The van der Waals surface area contributed by atoms with Crippen LogP contribution >= 0.6 is 0 Å². The van der Waals surface area contributed by atoms with Crippen LogP contribution in [0, 0.1) is 10.1 Å². The summed E-state index contributed by atoms with van der Waals surface area (Å²) in [6.07, 6.45) is -4.51. The Morgan fingerprint density at radius 2 is 1.37 bits per heavy atom. The molecule has 3 rings (SSSR count). The number of hydrogen-bond donors (Lipinski definition) is 1. The number of halogens is 3. The van der Waals surface area contributed by atoms with Crippen LogP contribution in [0.1, 0.15) is 22.7 Å². The van der Waals surface area contributed by atoms with Crippen LogP contribution < -0.4 is 4.72 Å². The van der Waals surface area contributed by atoms with E-state index in [1.807, 2.05) is 0 Å². The van der Waals surface area contributed by atoms with Gasteiger partial charge in [0.15, 0.2) is 0 Å². The van der Waals surface area contributed by atoms with Gasteiger partial charge >= 0.3 is 6.18 Å². The van der Waals surface area contributed by atoms with Crippen LogP contribution in [-0.2, 0) is 16.2 Å². The molecule has 156 valence electrons. The van der Waals surface area contributed by atoms with E-state index in [1.54, 1.807) is 30.3 Å². The molecule has 0 aromatic heterocycles. The first kappa shape index (κ1) is 21.5. The Labute approximate surface area is 170 Å². The predicted molar refractivity (Wildman–Crippen MR) is 103 cm³/mol. The van der Waals surface area contributed by atoms with Crippen LogP contribution in [0.2, 0.25) is 0 Å². The second kappa shape index (κ2) is 8.25. The average molecular weight is 436 g/mol. The van der Waals surface area contributed by atoms with Crippen molar-refractivity contribution in [1.29, 1.82) is 0 Å². The van der Waals surface area contributed by atoms with Crippen molar-refractivity contribution in [2.45, 2.75) is 17.1 Å². The molecule has 1 N–H and O–H groups in total. The van der Waals surface area contributed by atoms with Gasteiger partial charge in [-0.25, -0.2) is 8.42 Å². The SMILES string of the molecule is O=[N+]([O-])c1ccc(S(=O)(=O)N[C@@H](c2ccccc2)c2ccc(C(F)(F)F)cc2)cc1. The van der Waals surface area contributed by atoms with Gasteiger partial charge in [-0.2, -0.15) is 17.9 Å². The number of benzene rings is 3. The molecule has 0 amide bonds. The Morgan fingerprint density at radius 1 is 0.833 bits per heavy atom. The highest BCUT2D eigenvalue weighted by atomic mass is 32.2. The number of hydrogen-bond acceptors (Lipinski definition) is 4. The molecule has 10 heteroatoms. The zero-order chi connectivity index (χ0) is 21.9. The number of sulfonamides is 1. The molecule has 30 heavy (non-hydrogen) atoms. The molecule has 0 fully saturated rings. The Kier molecular flexibility index (Phi) is 5.90. The Hall–Kier alpha value is -3.24. The molecule has 0 aliphatic heterocycles. The van der Waals surface area contributed by atoms with Crippen molar-refractivity contribution < 1.29 is 26.5 Å². The molecule has 0 radical (unpaired) electrons. The van der Waals surface area contributed by atoms with Gasteiger partial charge in [0.25, 0.3) is 5.69 Å². The zero-order valence-electron chi connectivity index (χ0n) is 15.2. The summed E-state index contributed by atoms with van der Waals surface area (Å²) in [7, 11) is -4.13. The maximum atomic E-state index is 12.9. The maximum absolute atomic E-state index is 12.9. The highest BCUT2D eigenvalue weighted by Crippen LogP contribution is 2.31. The summed E-state index contributed by atoms with van der Waals surface area (Å²) >= 11 is 0. The van der Waals surface area contributed by atoms with Crippen molar-refractivity contribution in [3.8, 4) is 0 Å². The van der Waals surface area contributed by atoms with Gasteiger partial charge in [-0.15, -0.1) is 0 Å². The zero-order valence-corrected chi connectivity index (χ0v) is 16.0. The van der Waals surface area contributed by atoms with Crippen LogP contribution in [0.25, 0.3) is 0 Å². The summed E-state index contributed by atoms with van der Waals surface area (Å²) in [5.74, 6) is 0. The molecule has 0 aliphatic carbocycles. The molecule has 0 saturated heterocycles. The van der Waals surface area contributed by atoms with Crippen LogP contribution in [0.5, 0.6) is 0 Å². The number of non-ortho nitro benzene ring substituents is 1. The lowest BCUT2D eigenvalue weighted by Crippen LogP contribution is -2.29. The number of nitro groups is 1. The first-order chi connectivity index (χ1) is 14.1. The minimum atomic E-state index is -4.51. The molecule has 6 nitrogen and oxygen atoms in total. The molecule has 0 saturated carbocycles. The lowest BCUT2D eigenvalue weighted by molar-refractivity contribution is -0.384. The first-order valence-corrected chi connectivity index (χ1v) is 10.0. The molecule has 3 aromatic rings. The summed E-state index contributed by atoms with van der Waals surface area (Å²) in [4.78, 5) is 9.91. The van der Waals surface area contributed by atoms with Gasteiger partial charge < -0.3 is 0 Å². The number of alkyl halides is 3. The maximum Gasteiger partial charge on any atom is 0.416 e. The Morgan fingerprint density at radius 3 is 1.87 bits per heavy atom. The van der Waals surface area contributed by atoms with E-state index < -0.39 is 32.7 Å². The third-order valence-electron chi connectivity index (χ3n) is 4.34. The van der Waals surface area contributed by atoms with Crippen molar-refractivity contribution in [1.82, 2.24) is 4.72 Å². The van der Waals surface area contributed by atoms with Crippen molar-refractivity contribution in [3.05, 3.63) is 106 Å². The smallest absolute Gasteiger partial charge is 0.258 e. The highest BCUT2D eigenvalue weighted by Gasteiger charge is 2.31. The molecule has 1 atom stereocenters. The van der Waals surface area contributed by atoms with E-state index in [2.05, 4.69) is 4.72 Å². The Bertz CT molecular complexity index is 1130.